The summed E-state index contributed by atoms with van der Waals surface area (Å²) in [5.74, 6) is 0.671. The van der Waals surface area contributed by atoms with Gasteiger partial charge in [0.2, 0.25) is 0 Å². The van der Waals surface area contributed by atoms with Gasteiger partial charge in [-0.15, -0.1) is 0 Å². The van der Waals surface area contributed by atoms with Crippen molar-refractivity contribution in [2.45, 2.75) is 20.4 Å². The molecule has 1 N–H and O–H groups in total. The smallest absolute Gasteiger partial charge is 0.0462 e. The molecule has 0 aliphatic rings. The topological polar surface area (TPSA) is 12.0 Å². The Morgan fingerprint density at radius 1 is 1.43 bits per heavy atom. The second-order valence-corrected chi connectivity index (χ2v) is 5.08. The minimum absolute atomic E-state index is 0.671. The SMILES string of the molecule is CC(C)CNCc1ccc(Br)cc1Cl. The Kier molecular flexibility index (Phi) is 4.93. The first kappa shape index (κ1) is 12.0. The number of benzene rings is 1. The van der Waals surface area contributed by atoms with Crippen LogP contribution >= 0.6 is 27.5 Å². The van der Waals surface area contributed by atoms with Crippen LogP contribution in [0.5, 0.6) is 0 Å². The molecule has 0 amide bonds. The van der Waals surface area contributed by atoms with Crippen LogP contribution in [-0.2, 0) is 6.54 Å². The zero-order valence-electron chi connectivity index (χ0n) is 8.48. The van der Waals surface area contributed by atoms with E-state index in [4.69, 9.17) is 11.6 Å². The van der Waals surface area contributed by atoms with Crippen molar-refractivity contribution in [1.29, 1.82) is 0 Å². The molecule has 3 heteroatoms. The summed E-state index contributed by atoms with van der Waals surface area (Å²) >= 11 is 9.46. The lowest BCUT2D eigenvalue weighted by Crippen LogP contribution is -2.19. The molecule has 0 spiro atoms. The van der Waals surface area contributed by atoms with Gasteiger partial charge >= 0.3 is 0 Å². The van der Waals surface area contributed by atoms with E-state index in [1.807, 2.05) is 18.2 Å². The standard InChI is InChI=1S/C11H15BrClN/c1-8(2)6-14-7-9-3-4-10(12)5-11(9)13/h3-5,8,14H,6-7H2,1-2H3. The van der Waals surface area contributed by atoms with Gasteiger partial charge in [0.25, 0.3) is 0 Å². The van der Waals surface area contributed by atoms with Crippen LogP contribution in [0.25, 0.3) is 0 Å². The summed E-state index contributed by atoms with van der Waals surface area (Å²) in [4.78, 5) is 0. The number of hydrogen-bond acceptors (Lipinski definition) is 1. The molecular weight excluding hydrogens is 261 g/mol. The molecule has 0 fully saturated rings. The van der Waals surface area contributed by atoms with Crippen LogP contribution in [0.2, 0.25) is 5.02 Å². The Bertz CT molecular complexity index is 299. The van der Waals surface area contributed by atoms with Gasteiger partial charge in [-0.2, -0.15) is 0 Å². The van der Waals surface area contributed by atoms with E-state index in [9.17, 15) is 0 Å². The lowest BCUT2D eigenvalue weighted by Gasteiger charge is -2.08. The van der Waals surface area contributed by atoms with Crippen molar-refractivity contribution >= 4 is 27.5 Å². The number of hydrogen-bond donors (Lipinski definition) is 1. The largest absolute Gasteiger partial charge is 0.312 e. The number of halogens is 2. The van der Waals surface area contributed by atoms with Crippen molar-refractivity contribution in [2.24, 2.45) is 5.92 Å². The second-order valence-electron chi connectivity index (χ2n) is 3.76. The van der Waals surface area contributed by atoms with Crippen molar-refractivity contribution in [3.05, 3.63) is 33.3 Å². The molecule has 0 aromatic heterocycles. The molecule has 14 heavy (non-hydrogen) atoms. The van der Waals surface area contributed by atoms with Gasteiger partial charge in [-0.05, 0) is 30.2 Å². The van der Waals surface area contributed by atoms with E-state index < -0.39 is 0 Å². The molecule has 0 aliphatic carbocycles. The van der Waals surface area contributed by atoms with Gasteiger partial charge in [0, 0.05) is 16.0 Å². The highest BCUT2D eigenvalue weighted by Gasteiger charge is 2.00. The van der Waals surface area contributed by atoms with Crippen molar-refractivity contribution in [2.75, 3.05) is 6.54 Å². The predicted octanol–water partition coefficient (Wildman–Crippen LogP) is 3.85. The normalized spacial score (nSPS) is 10.9. The summed E-state index contributed by atoms with van der Waals surface area (Å²) in [6, 6.07) is 5.98. The van der Waals surface area contributed by atoms with Gasteiger partial charge in [0.05, 0.1) is 0 Å². The summed E-state index contributed by atoms with van der Waals surface area (Å²) in [7, 11) is 0. The maximum atomic E-state index is 6.07. The summed E-state index contributed by atoms with van der Waals surface area (Å²) in [5, 5.41) is 4.18. The highest BCUT2D eigenvalue weighted by atomic mass is 79.9. The second kappa shape index (κ2) is 5.74. The van der Waals surface area contributed by atoms with Crippen LogP contribution in [0, 0.1) is 5.92 Å². The molecule has 1 aromatic carbocycles. The third-order valence-corrected chi connectivity index (χ3v) is 2.73. The summed E-state index contributed by atoms with van der Waals surface area (Å²) in [6.45, 7) is 6.24. The molecule has 0 radical (unpaired) electrons. The van der Waals surface area contributed by atoms with Crippen LogP contribution < -0.4 is 5.32 Å². The average molecular weight is 277 g/mol. The van der Waals surface area contributed by atoms with E-state index in [0.717, 1.165) is 28.1 Å². The van der Waals surface area contributed by atoms with Gasteiger partial charge in [0.15, 0.2) is 0 Å². The number of rotatable bonds is 4. The fourth-order valence-corrected chi connectivity index (χ4v) is 1.90. The number of nitrogens with one attached hydrogen (secondary N) is 1. The highest BCUT2D eigenvalue weighted by molar-refractivity contribution is 9.10. The zero-order chi connectivity index (χ0) is 10.6. The van der Waals surface area contributed by atoms with E-state index in [0.29, 0.717) is 5.92 Å². The molecule has 0 saturated carbocycles. The first-order chi connectivity index (χ1) is 6.59. The molecule has 1 nitrogen and oxygen atoms in total. The van der Waals surface area contributed by atoms with E-state index in [1.165, 1.54) is 0 Å². The van der Waals surface area contributed by atoms with E-state index in [1.54, 1.807) is 0 Å². The highest BCUT2D eigenvalue weighted by Crippen LogP contribution is 2.21. The molecule has 0 heterocycles. The molecule has 0 unspecified atom stereocenters. The van der Waals surface area contributed by atoms with E-state index >= 15 is 0 Å². The third kappa shape index (κ3) is 3.99. The van der Waals surface area contributed by atoms with Crippen molar-refractivity contribution in [3.63, 3.8) is 0 Å². The minimum Gasteiger partial charge on any atom is -0.312 e. The molecule has 0 bridgehead atoms. The Morgan fingerprint density at radius 2 is 2.14 bits per heavy atom. The zero-order valence-corrected chi connectivity index (χ0v) is 10.8. The fourth-order valence-electron chi connectivity index (χ4n) is 1.16. The molecule has 1 aromatic rings. The molecule has 0 aliphatic heterocycles. The quantitative estimate of drug-likeness (QED) is 0.881. The van der Waals surface area contributed by atoms with E-state index in [2.05, 4.69) is 35.1 Å². The van der Waals surface area contributed by atoms with Crippen molar-refractivity contribution < 1.29 is 0 Å². The summed E-state index contributed by atoms with van der Waals surface area (Å²) in [5.41, 5.74) is 1.15. The van der Waals surface area contributed by atoms with Crippen LogP contribution in [-0.4, -0.2) is 6.54 Å². The van der Waals surface area contributed by atoms with Crippen molar-refractivity contribution in [3.8, 4) is 0 Å². The van der Waals surface area contributed by atoms with Crippen LogP contribution in [0.1, 0.15) is 19.4 Å². The molecule has 78 valence electrons. The minimum atomic E-state index is 0.671. The van der Waals surface area contributed by atoms with Crippen molar-refractivity contribution in [1.82, 2.24) is 5.32 Å². The Labute approximate surface area is 99.0 Å². The lowest BCUT2D eigenvalue weighted by molar-refractivity contribution is 0.552. The Balaban J connectivity index is 2.51. The monoisotopic (exact) mass is 275 g/mol. The first-order valence-corrected chi connectivity index (χ1v) is 5.91. The first-order valence-electron chi connectivity index (χ1n) is 4.74. The maximum absolute atomic E-state index is 6.07. The third-order valence-electron chi connectivity index (χ3n) is 1.88. The molecule has 1 rings (SSSR count). The molecular formula is C11H15BrClN. The van der Waals surface area contributed by atoms with Crippen LogP contribution in [0.15, 0.2) is 22.7 Å². The fraction of sp³-hybridized carbons (Fsp3) is 0.455. The average Bonchev–Trinajstić information content (AvgIpc) is 2.08. The lowest BCUT2D eigenvalue weighted by atomic mass is 10.2. The van der Waals surface area contributed by atoms with Gasteiger partial charge in [0.1, 0.15) is 0 Å². The Hall–Kier alpha value is -0.0500. The molecule has 0 saturated heterocycles. The predicted molar refractivity (Wildman–Crippen MR) is 65.7 cm³/mol. The van der Waals surface area contributed by atoms with Gasteiger partial charge in [-0.1, -0.05) is 47.4 Å². The Morgan fingerprint density at radius 3 is 2.71 bits per heavy atom. The van der Waals surface area contributed by atoms with Crippen LogP contribution in [0.4, 0.5) is 0 Å². The van der Waals surface area contributed by atoms with Gasteiger partial charge in [-0.25, -0.2) is 0 Å². The summed E-state index contributed by atoms with van der Waals surface area (Å²) in [6.07, 6.45) is 0. The maximum Gasteiger partial charge on any atom is 0.0462 e. The van der Waals surface area contributed by atoms with E-state index in [-0.39, 0.29) is 0 Å². The summed E-state index contributed by atoms with van der Waals surface area (Å²) < 4.78 is 1.02. The van der Waals surface area contributed by atoms with Gasteiger partial charge in [-0.3, -0.25) is 0 Å². The molecule has 0 atom stereocenters. The van der Waals surface area contributed by atoms with Gasteiger partial charge < -0.3 is 5.32 Å². The van der Waals surface area contributed by atoms with Crippen LogP contribution in [0.3, 0.4) is 0 Å².